The third kappa shape index (κ3) is 4.08. The first-order valence-electron chi connectivity index (χ1n) is 8.69. The molecule has 1 amide bonds. The van der Waals surface area contributed by atoms with Gasteiger partial charge in [0, 0.05) is 44.9 Å². The molecule has 1 aromatic heterocycles. The van der Waals surface area contributed by atoms with Crippen LogP contribution in [0.25, 0.3) is 0 Å². The van der Waals surface area contributed by atoms with E-state index in [4.69, 9.17) is 0 Å². The number of piperazine rings is 1. The molecule has 0 radical (unpaired) electrons. The number of benzene rings is 1. The molecule has 1 aliphatic rings. The Morgan fingerprint density at radius 3 is 2.65 bits per heavy atom. The molecule has 0 atom stereocenters. The van der Waals surface area contributed by atoms with Crippen molar-refractivity contribution in [2.24, 2.45) is 0 Å². The second kappa shape index (κ2) is 7.92. The Morgan fingerprint density at radius 2 is 2.04 bits per heavy atom. The molecule has 0 bridgehead atoms. The molecule has 2 heterocycles. The van der Waals surface area contributed by atoms with Gasteiger partial charge in [0.05, 0.1) is 15.6 Å². The van der Waals surface area contributed by atoms with E-state index in [1.54, 1.807) is 12.1 Å². The van der Waals surface area contributed by atoms with Crippen LogP contribution in [-0.4, -0.2) is 51.8 Å². The number of nitrogens with zero attached hydrogens (tertiary/aromatic N) is 4. The summed E-state index contributed by atoms with van der Waals surface area (Å²) in [5, 5.41) is 11.9. The number of nitro benzene ring substituents is 1. The van der Waals surface area contributed by atoms with Crippen LogP contribution in [0.4, 0.5) is 5.69 Å². The number of hydrogen-bond acceptors (Lipinski definition) is 6. The molecule has 0 spiro atoms. The Hall–Kier alpha value is -2.32. The predicted molar refractivity (Wildman–Crippen MR) is 101 cm³/mol. The van der Waals surface area contributed by atoms with Crippen molar-refractivity contribution in [1.82, 2.24) is 14.8 Å². The normalized spacial score (nSPS) is 15.2. The topological polar surface area (TPSA) is 79.6 Å². The quantitative estimate of drug-likeness (QED) is 0.594. The number of thiazole rings is 1. The number of amides is 1. The average molecular weight is 374 g/mol. The number of nitro groups is 1. The standard InChI is InChI=1S/C18H22N4O3S/c1-3-16-19-13(2)17(26-16)18(23)21-9-7-20(8-10-21)12-14-5-4-6-15(11-14)22(24)25/h4-6,11H,3,7-10,12H2,1-2H3. The maximum Gasteiger partial charge on any atom is 0.269 e. The molecule has 8 heteroatoms. The Balaban J connectivity index is 1.58. The fraction of sp³-hybridized carbons (Fsp3) is 0.444. The summed E-state index contributed by atoms with van der Waals surface area (Å²) in [5.41, 5.74) is 1.85. The van der Waals surface area contributed by atoms with Gasteiger partial charge >= 0.3 is 0 Å². The Kier molecular flexibility index (Phi) is 5.63. The van der Waals surface area contributed by atoms with Gasteiger partial charge in [-0.3, -0.25) is 19.8 Å². The first-order valence-corrected chi connectivity index (χ1v) is 9.51. The number of hydrogen-bond donors (Lipinski definition) is 0. The first kappa shape index (κ1) is 18.5. The van der Waals surface area contributed by atoms with Gasteiger partial charge in [-0.05, 0) is 18.9 Å². The van der Waals surface area contributed by atoms with E-state index >= 15 is 0 Å². The van der Waals surface area contributed by atoms with Crippen LogP contribution in [-0.2, 0) is 13.0 Å². The van der Waals surface area contributed by atoms with Crippen LogP contribution in [0.5, 0.6) is 0 Å². The summed E-state index contributed by atoms with van der Waals surface area (Å²) in [7, 11) is 0. The zero-order valence-electron chi connectivity index (χ0n) is 15.0. The lowest BCUT2D eigenvalue weighted by atomic mass is 10.1. The summed E-state index contributed by atoms with van der Waals surface area (Å²) in [6.45, 7) is 7.42. The van der Waals surface area contributed by atoms with Crippen molar-refractivity contribution in [3.63, 3.8) is 0 Å². The molecular weight excluding hydrogens is 352 g/mol. The van der Waals surface area contributed by atoms with Crippen molar-refractivity contribution in [2.45, 2.75) is 26.8 Å². The van der Waals surface area contributed by atoms with Crippen molar-refractivity contribution < 1.29 is 9.72 Å². The summed E-state index contributed by atoms with van der Waals surface area (Å²) >= 11 is 1.49. The van der Waals surface area contributed by atoms with E-state index in [1.165, 1.54) is 17.4 Å². The maximum absolute atomic E-state index is 12.7. The van der Waals surface area contributed by atoms with E-state index in [0.29, 0.717) is 19.6 Å². The Morgan fingerprint density at radius 1 is 1.31 bits per heavy atom. The number of non-ortho nitro benzene ring substituents is 1. The SMILES string of the molecule is CCc1nc(C)c(C(=O)N2CCN(Cc3cccc([N+](=O)[O-])c3)CC2)s1. The van der Waals surface area contributed by atoms with Crippen LogP contribution in [0.15, 0.2) is 24.3 Å². The van der Waals surface area contributed by atoms with Crippen molar-refractivity contribution in [3.8, 4) is 0 Å². The van der Waals surface area contributed by atoms with Gasteiger partial charge in [-0.1, -0.05) is 19.1 Å². The lowest BCUT2D eigenvalue weighted by molar-refractivity contribution is -0.384. The third-order valence-corrected chi connectivity index (χ3v) is 5.81. The van der Waals surface area contributed by atoms with Crippen molar-refractivity contribution >= 4 is 22.9 Å². The van der Waals surface area contributed by atoms with Gasteiger partial charge in [-0.2, -0.15) is 0 Å². The minimum absolute atomic E-state index is 0.0645. The largest absolute Gasteiger partial charge is 0.335 e. The van der Waals surface area contributed by atoms with E-state index in [9.17, 15) is 14.9 Å². The molecular formula is C18H22N4O3S. The highest BCUT2D eigenvalue weighted by atomic mass is 32.1. The van der Waals surface area contributed by atoms with E-state index in [1.807, 2.05) is 24.8 Å². The number of aryl methyl sites for hydroxylation is 2. The fourth-order valence-corrected chi connectivity index (χ4v) is 4.05. The lowest BCUT2D eigenvalue weighted by Gasteiger charge is -2.34. The molecule has 1 saturated heterocycles. The van der Waals surface area contributed by atoms with Crippen molar-refractivity contribution in [1.29, 1.82) is 0 Å². The van der Waals surface area contributed by atoms with Crippen LogP contribution in [0.1, 0.15) is 32.9 Å². The number of carbonyl (C=O) groups excluding carboxylic acids is 1. The molecule has 0 unspecified atom stereocenters. The van der Waals surface area contributed by atoms with Gasteiger partial charge in [0.25, 0.3) is 11.6 Å². The zero-order valence-corrected chi connectivity index (χ0v) is 15.8. The first-order chi connectivity index (χ1) is 12.5. The second-order valence-electron chi connectivity index (χ2n) is 6.37. The molecule has 1 aliphatic heterocycles. The van der Waals surface area contributed by atoms with Gasteiger partial charge in [0.15, 0.2) is 0 Å². The predicted octanol–water partition coefficient (Wildman–Crippen LogP) is 2.88. The van der Waals surface area contributed by atoms with Gasteiger partial charge < -0.3 is 4.90 Å². The highest BCUT2D eigenvalue weighted by Gasteiger charge is 2.25. The highest BCUT2D eigenvalue weighted by Crippen LogP contribution is 2.22. The van der Waals surface area contributed by atoms with Gasteiger partial charge in [-0.15, -0.1) is 11.3 Å². The van der Waals surface area contributed by atoms with Crippen LogP contribution in [0, 0.1) is 17.0 Å². The fourth-order valence-electron chi connectivity index (χ4n) is 3.08. The minimum Gasteiger partial charge on any atom is -0.335 e. The van der Waals surface area contributed by atoms with Crippen LogP contribution in [0.2, 0.25) is 0 Å². The Labute approximate surface area is 156 Å². The molecule has 138 valence electrons. The molecule has 1 aromatic carbocycles. The number of rotatable bonds is 5. The van der Waals surface area contributed by atoms with Crippen molar-refractivity contribution in [2.75, 3.05) is 26.2 Å². The summed E-state index contributed by atoms with van der Waals surface area (Å²) in [6, 6.07) is 6.73. The lowest BCUT2D eigenvalue weighted by Crippen LogP contribution is -2.48. The zero-order chi connectivity index (χ0) is 18.7. The van der Waals surface area contributed by atoms with Crippen molar-refractivity contribution in [3.05, 3.63) is 55.5 Å². The van der Waals surface area contributed by atoms with Crippen LogP contribution >= 0.6 is 11.3 Å². The maximum atomic E-state index is 12.7. The summed E-state index contributed by atoms with van der Waals surface area (Å²) in [5.74, 6) is 0.0645. The molecule has 2 aromatic rings. The smallest absolute Gasteiger partial charge is 0.269 e. The number of carbonyl (C=O) groups is 1. The molecule has 26 heavy (non-hydrogen) atoms. The van der Waals surface area contributed by atoms with E-state index in [0.717, 1.165) is 40.7 Å². The van der Waals surface area contributed by atoms with Crippen LogP contribution < -0.4 is 0 Å². The second-order valence-corrected chi connectivity index (χ2v) is 7.45. The summed E-state index contributed by atoms with van der Waals surface area (Å²) < 4.78 is 0. The molecule has 0 aliphatic carbocycles. The Bertz CT molecular complexity index is 813. The minimum atomic E-state index is -0.373. The van der Waals surface area contributed by atoms with E-state index in [-0.39, 0.29) is 16.5 Å². The molecule has 0 saturated carbocycles. The molecule has 1 fully saturated rings. The highest BCUT2D eigenvalue weighted by molar-refractivity contribution is 7.13. The summed E-state index contributed by atoms with van der Waals surface area (Å²) in [4.78, 5) is 32.5. The van der Waals surface area contributed by atoms with Gasteiger partial charge in [0.1, 0.15) is 4.88 Å². The molecule has 3 rings (SSSR count). The molecule has 0 N–H and O–H groups in total. The number of aromatic nitrogens is 1. The van der Waals surface area contributed by atoms with Crippen LogP contribution in [0.3, 0.4) is 0 Å². The molecule has 7 nitrogen and oxygen atoms in total. The van der Waals surface area contributed by atoms with E-state index in [2.05, 4.69) is 9.88 Å². The van der Waals surface area contributed by atoms with E-state index < -0.39 is 0 Å². The third-order valence-electron chi connectivity index (χ3n) is 4.52. The monoisotopic (exact) mass is 374 g/mol. The summed E-state index contributed by atoms with van der Waals surface area (Å²) in [6.07, 6.45) is 0.843. The van der Waals surface area contributed by atoms with Gasteiger partial charge in [0.2, 0.25) is 0 Å². The average Bonchev–Trinajstić information content (AvgIpc) is 3.03. The van der Waals surface area contributed by atoms with Gasteiger partial charge in [-0.25, -0.2) is 4.98 Å².